The highest BCUT2D eigenvalue weighted by Crippen LogP contribution is 2.25. The standard InChI is InChI=1S/C29H35N3O5S/c1-4-27(29(34)30-5-2)31(21-20-23-12-8-6-9-13-23)28(33)22-32(24-14-10-7-11-15-24)38(35,36)26-18-16-25(37-3)17-19-26/h6-19,27H,4-5,20-22H2,1-3H3,(H,30,34)/t27-/m0/s1. The Kier molecular flexibility index (Phi) is 10.3. The molecule has 0 bridgehead atoms. The Bertz CT molecular complexity index is 1280. The summed E-state index contributed by atoms with van der Waals surface area (Å²) in [4.78, 5) is 28.3. The topological polar surface area (TPSA) is 96.0 Å². The highest BCUT2D eigenvalue weighted by molar-refractivity contribution is 7.92. The van der Waals surface area contributed by atoms with Crippen molar-refractivity contribution in [2.45, 2.75) is 37.6 Å². The van der Waals surface area contributed by atoms with Gasteiger partial charge in [-0.1, -0.05) is 55.5 Å². The van der Waals surface area contributed by atoms with E-state index in [4.69, 9.17) is 4.74 Å². The van der Waals surface area contributed by atoms with Gasteiger partial charge in [-0.15, -0.1) is 0 Å². The number of ether oxygens (including phenoxy) is 1. The molecule has 0 saturated heterocycles. The molecule has 0 heterocycles. The summed E-state index contributed by atoms with van der Waals surface area (Å²) < 4.78 is 33.8. The van der Waals surface area contributed by atoms with Gasteiger partial charge < -0.3 is 15.0 Å². The van der Waals surface area contributed by atoms with Crippen molar-refractivity contribution >= 4 is 27.5 Å². The van der Waals surface area contributed by atoms with Crippen molar-refractivity contribution in [3.05, 3.63) is 90.5 Å². The molecule has 202 valence electrons. The van der Waals surface area contributed by atoms with E-state index in [1.54, 1.807) is 42.5 Å². The molecule has 0 spiro atoms. The van der Waals surface area contributed by atoms with Gasteiger partial charge in [0.2, 0.25) is 11.8 Å². The number of nitrogens with one attached hydrogen (secondary N) is 1. The lowest BCUT2D eigenvalue weighted by molar-refractivity contribution is -0.139. The van der Waals surface area contributed by atoms with E-state index in [0.717, 1.165) is 9.87 Å². The average Bonchev–Trinajstić information content (AvgIpc) is 2.94. The van der Waals surface area contributed by atoms with E-state index in [1.165, 1.54) is 24.1 Å². The number of hydrogen-bond donors (Lipinski definition) is 1. The number of carbonyl (C=O) groups is 2. The van der Waals surface area contributed by atoms with Gasteiger partial charge in [-0.2, -0.15) is 0 Å². The summed E-state index contributed by atoms with van der Waals surface area (Å²) >= 11 is 0. The number of benzene rings is 3. The number of amides is 2. The van der Waals surface area contributed by atoms with Gasteiger partial charge in [0, 0.05) is 13.1 Å². The van der Waals surface area contributed by atoms with E-state index in [9.17, 15) is 18.0 Å². The molecule has 38 heavy (non-hydrogen) atoms. The molecule has 0 radical (unpaired) electrons. The number of methoxy groups -OCH3 is 1. The summed E-state index contributed by atoms with van der Waals surface area (Å²) in [6, 6.07) is 23.5. The van der Waals surface area contributed by atoms with Gasteiger partial charge in [-0.3, -0.25) is 13.9 Å². The molecule has 0 aromatic heterocycles. The highest BCUT2D eigenvalue weighted by Gasteiger charge is 2.33. The number of anilines is 1. The summed E-state index contributed by atoms with van der Waals surface area (Å²) in [5.41, 5.74) is 1.37. The first kappa shape index (κ1) is 28.7. The molecule has 0 saturated carbocycles. The number of hydrogen-bond acceptors (Lipinski definition) is 5. The number of carbonyl (C=O) groups excluding carboxylic acids is 2. The second-order valence-electron chi connectivity index (χ2n) is 8.66. The zero-order valence-electron chi connectivity index (χ0n) is 22.0. The van der Waals surface area contributed by atoms with Gasteiger partial charge in [0.25, 0.3) is 10.0 Å². The lowest BCUT2D eigenvalue weighted by Crippen LogP contribution is -2.53. The number of para-hydroxylation sites is 1. The molecular weight excluding hydrogens is 502 g/mol. The third-order valence-corrected chi connectivity index (χ3v) is 7.98. The van der Waals surface area contributed by atoms with Crippen molar-refractivity contribution in [3.63, 3.8) is 0 Å². The molecule has 0 fully saturated rings. The third-order valence-electron chi connectivity index (χ3n) is 6.19. The predicted molar refractivity (Wildman–Crippen MR) is 149 cm³/mol. The van der Waals surface area contributed by atoms with Crippen LogP contribution >= 0.6 is 0 Å². The van der Waals surface area contributed by atoms with Crippen LogP contribution in [-0.4, -0.2) is 57.9 Å². The minimum atomic E-state index is -4.11. The number of sulfonamides is 1. The normalized spacial score (nSPS) is 11.9. The molecule has 9 heteroatoms. The maximum absolute atomic E-state index is 13.9. The van der Waals surface area contributed by atoms with Crippen LogP contribution in [0.15, 0.2) is 89.8 Å². The predicted octanol–water partition coefficient (Wildman–Crippen LogP) is 3.88. The van der Waals surface area contributed by atoms with Crippen LogP contribution in [0.25, 0.3) is 0 Å². The quantitative estimate of drug-likeness (QED) is 0.357. The summed E-state index contributed by atoms with van der Waals surface area (Å²) in [7, 11) is -2.61. The molecule has 2 amide bonds. The van der Waals surface area contributed by atoms with Gasteiger partial charge in [0.05, 0.1) is 17.7 Å². The molecule has 1 atom stereocenters. The number of rotatable bonds is 13. The fraction of sp³-hybridized carbons (Fsp3) is 0.310. The van der Waals surface area contributed by atoms with Crippen LogP contribution in [0, 0.1) is 0 Å². The average molecular weight is 538 g/mol. The minimum absolute atomic E-state index is 0.0292. The van der Waals surface area contributed by atoms with E-state index in [-0.39, 0.29) is 17.3 Å². The molecule has 3 aromatic rings. The molecule has 0 aliphatic carbocycles. The van der Waals surface area contributed by atoms with Crippen LogP contribution < -0.4 is 14.4 Å². The second kappa shape index (κ2) is 13.6. The van der Waals surface area contributed by atoms with Crippen molar-refractivity contribution in [3.8, 4) is 5.75 Å². The number of likely N-dealkylation sites (N-methyl/N-ethyl adjacent to an activating group) is 1. The smallest absolute Gasteiger partial charge is 0.264 e. The van der Waals surface area contributed by atoms with E-state index in [1.807, 2.05) is 44.2 Å². The maximum atomic E-state index is 13.9. The van der Waals surface area contributed by atoms with Gasteiger partial charge in [0.15, 0.2) is 0 Å². The molecule has 8 nitrogen and oxygen atoms in total. The van der Waals surface area contributed by atoms with E-state index in [2.05, 4.69) is 5.32 Å². The Morgan fingerprint density at radius 3 is 2.05 bits per heavy atom. The first-order chi connectivity index (χ1) is 18.3. The van der Waals surface area contributed by atoms with Crippen molar-refractivity contribution in [2.24, 2.45) is 0 Å². The van der Waals surface area contributed by atoms with Crippen molar-refractivity contribution in [1.82, 2.24) is 10.2 Å². The Morgan fingerprint density at radius 1 is 0.895 bits per heavy atom. The molecule has 1 N–H and O–H groups in total. The zero-order chi connectivity index (χ0) is 27.5. The fourth-order valence-corrected chi connectivity index (χ4v) is 5.60. The van der Waals surface area contributed by atoms with Crippen molar-refractivity contribution < 1.29 is 22.7 Å². The second-order valence-corrected chi connectivity index (χ2v) is 10.5. The Morgan fingerprint density at radius 2 is 1.50 bits per heavy atom. The van der Waals surface area contributed by atoms with Gasteiger partial charge in [-0.25, -0.2) is 8.42 Å². The molecular formula is C29H35N3O5S. The Hall–Kier alpha value is -3.85. The van der Waals surface area contributed by atoms with Crippen LogP contribution in [0.5, 0.6) is 5.75 Å². The molecule has 0 aliphatic rings. The Balaban J connectivity index is 1.97. The fourth-order valence-electron chi connectivity index (χ4n) is 4.19. The summed E-state index contributed by atoms with van der Waals surface area (Å²) in [6.45, 7) is 3.90. The molecule has 0 aliphatic heterocycles. The van der Waals surface area contributed by atoms with E-state index in [0.29, 0.717) is 30.8 Å². The summed E-state index contributed by atoms with van der Waals surface area (Å²) in [5.74, 6) is -0.202. The van der Waals surface area contributed by atoms with E-state index < -0.39 is 28.5 Å². The monoisotopic (exact) mass is 537 g/mol. The van der Waals surface area contributed by atoms with Gasteiger partial charge in [0.1, 0.15) is 18.3 Å². The van der Waals surface area contributed by atoms with Gasteiger partial charge >= 0.3 is 0 Å². The summed E-state index contributed by atoms with van der Waals surface area (Å²) in [6.07, 6.45) is 0.919. The highest BCUT2D eigenvalue weighted by atomic mass is 32.2. The maximum Gasteiger partial charge on any atom is 0.264 e. The SMILES string of the molecule is CCNC(=O)[C@H](CC)N(CCc1ccccc1)C(=O)CN(c1ccccc1)S(=O)(=O)c1ccc(OC)cc1. The summed E-state index contributed by atoms with van der Waals surface area (Å²) in [5, 5.41) is 2.81. The lowest BCUT2D eigenvalue weighted by atomic mass is 10.1. The third kappa shape index (κ3) is 7.13. The zero-order valence-corrected chi connectivity index (χ0v) is 22.9. The Labute approximate surface area is 225 Å². The van der Waals surface area contributed by atoms with Crippen LogP contribution in [0.1, 0.15) is 25.8 Å². The van der Waals surface area contributed by atoms with E-state index >= 15 is 0 Å². The van der Waals surface area contributed by atoms with Crippen molar-refractivity contribution in [2.75, 3.05) is 31.0 Å². The molecule has 3 aromatic carbocycles. The van der Waals surface area contributed by atoms with Crippen molar-refractivity contribution in [1.29, 1.82) is 0 Å². The van der Waals surface area contributed by atoms with Gasteiger partial charge in [-0.05, 0) is 61.7 Å². The lowest BCUT2D eigenvalue weighted by Gasteiger charge is -2.33. The minimum Gasteiger partial charge on any atom is -0.497 e. The number of nitrogens with zero attached hydrogens (tertiary/aromatic N) is 2. The molecule has 3 rings (SSSR count). The van der Waals surface area contributed by atoms with Crippen LogP contribution in [-0.2, 0) is 26.0 Å². The van der Waals surface area contributed by atoms with Crippen LogP contribution in [0.2, 0.25) is 0 Å². The molecule has 0 unspecified atom stereocenters. The first-order valence-electron chi connectivity index (χ1n) is 12.6. The van der Waals surface area contributed by atoms with Crippen LogP contribution in [0.3, 0.4) is 0 Å². The largest absolute Gasteiger partial charge is 0.497 e. The van der Waals surface area contributed by atoms with Crippen LogP contribution in [0.4, 0.5) is 5.69 Å². The first-order valence-corrected chi connectivity index (χ1v) is 14.1.